The number of carboxylic acid groups (broad SMARTS) is 1. The van der Waals surface area contributed by atoms with Crippen LogP contribution in [0.2, 0.25) is 0 Å². The number of rotatable bonds is 7. The summed E-state index contributed by atoms with van der Waals surface area (Å²) >= 11 is 0. The Morgan fingerprint density at radius 1 is 0.833 bits per heavy atom. The summed E-state index contributed by atoms with van der Waals surface area (Å²) in [6.45, 7) is 5.38. The first-order valence-electron chi connectivity index (χ1n) is 5.80. The number of aliphatic hydroxyl groups is 4. The zero-order valence-corrected chi connectivity index (χ0v) is 11.0. The summed E-state index contributed by atoms with van der Waals surface area (Å²) in [5.74, 6) is -0.935. The monoisotopic (exact) mass is 266 g/mol. The fourth-order valence-corrected chi connectivity index (χ4v) is 0.447. The van der Waals surface area contributed by atoms with E-state index in [0.29, 0.717) is 0 Å². The van der Waals surface area contributed by atoms with Gasteiger partial charge in [0.2, 0.25) is 0 Å². The smallest absolute Gasteiger partial charge is 0.330 e. The zero-order valence-electron chi connectivity index (χ0n) is 11.0. The molecule has 6 nitrogen and oxygen atoms in total. The molecule has 18 heavy (non-hydrogen) atoms. The Morgan fingerprint density at radius 2 is 1.00 bits per heavy atom. The van der Waals surface area contributed by atoms with E-state index in [1.165, 1.54) is 6.92 Å². The van der Waals surface area contributed by atoms with Gasteiger partial charge in [0.1, 0.15) is 0 Å². The van der Waals surface area contributed by atoms with E-state index in [1.807, 2.05) is 0 Å². The molecule has 0 fully saturated rings. The SMILES string of the molecule is C=C(C)C(=O)O.OCCCCO.OCCCCO. The van der Waals surface area contributed by atoms with Crippen molar-refractivity contribution in [2.45, 2.75) is 32.6 Å². The molecule has 0 unspecified atom stereocenters. The molecular weight excluding hydrogens is 240 g/mol. The predicted octanol–water partition coefficient (Wildman–Crippen LogP) is 0.149. The number of carboxylic acids is 1. The van der Waals surface area contributed by atoms with Crippen molar-refractivity contribution in [3.63, 3.8) is 0 Å². The van der Waals surface area contributed by atoms with Gasteiger partial charge in [-0.3, -0.25) is 0 Å². The normalized spacial score (nSPS) is 8.50. The first-order valence-corrected chi connectivity index (χ1v) is 5.80. The molecule has 0 aromatic rings. The average molecular weight is 266 g/mol. The Morgan fingerprint density at radius 3 is 1.06 bits per heavy atom. The molecule has 0 saturated heterocycles. The van der Waals surface area contributed by atoms with Gasteiger partial charge >= 0.3 is 5.97 Å². The Bertz CT molecular complexity index is 153. The van der Waals surface area contributed by atoms with Crippen LogP contribution in [0.25, 0.3) is 0 Å². The van der Waals surface area contributed by atoms with Crippen molar-refractivity contribution >= 4 is 5.97 Å². The minimum Gasteiger partial charge on any atom is -0.478 e. The van der Waals surface area contributed by atoms with Gasteiger partial charge in [-0.25, -0.2) is 4.79 Å². The maximum atomic E-state index is 9.60. The molecule has 0 aromatic carbocycles. The van der Waals surface area contributed by atoms with Crippen LogP contribution < -0.4 is 0 Å². The van der Waals surface area contributed by atoms with Gasteiger partial charge in [0.25, 0.3) is 0 Å². The molecule has 0 spiro atoms. The largest absolute Gasteiger partial charge is 0.478 e. The van der Waals surface area contributed by atoms with Crippen LogP contribution in [0.5, 0.6) is 0 Å². The molecule has 0 amide bonds. The van der Waals surface area contributed by atoms with Crippen LogP contribution in [-0.2, 0) is 4.79 Å². The van der Waals surface area contributed by atoms with Gasteiger partial charge in [0.15, 0.2) is 0 Å². The van der Waals surface area contributed by atoms with Gasteiger partial charge in [-0.1, -0.05) is 6.58 Å². The minimum absolute atomic E-state index is 0.176. The predicted molar refractivity (Wildman–Crippen MR) is 69.3 cm³/mol. The summed E-state index contributed by atoms with van der Waals surface area (Å²) in [6.07, 6.45) is 2.88. The van der Waals surface area contributed by atoms with Crippen molar-refractivity contribution in [1.82, 2.24) is 0 Å². The minimum atomic E-state index is -0.935. The van der Waals surface area contributed by atoms with Crippen LogP contribution in [0.1, 0.15) is 32.6 Å². The number of unbranched alkanes of at least 4 members (excludes halogenated alkanes) is 2. The summed E-state index contributed by atoms with van der Waals surface area (Å²) < 4.78 is 0. The highest BCUT2D eigenvalue weighted by atomic mass is 16.4. The molecule has 0 atom stereocenters. The van der Waals surface area contributed by atoms with Crippen LogP contribution in [-0.4, -0.2) is 57.9 Å². The Kier molecular flexibility index (Phi) is 26.4. The summed E-state index contributed by atoms with van der Waals surface area (Å²) in [4.78, 5) is 9.60. The van der Waals surface area contributed by atoms with Crippen molar-refractivity contribution in [1.29, 1.82) is 0 Å². The lowest BCUT2D eigenvalue weighted by atomic mass is 10.3. The Labute approximate surface area is 108 Å². The van der Waals surface area contributed by atoms with Gasteiger partial charge in [-0.15, -0.1) is 0 Å². The van der Waals surface area contributed by atoms with Crippen LogP contribution >= 0.6 is 0 Å². The van der Waals surface area contributed by atoms with Gasteiger partial charge < -0.3 is 25.5 Å². The van der Waals surface area contributed by atoms with Crippen molar-refractivity contribution in [3.05, 3.63) is 12.2 Å². The highest BCUT2D eigenvalue weighted by Crippen LogP contribution is 1.81. The molecule has 0 heterocycles. The highest BCUT2D eigenvalue weighted by Gasteiger charge is 1.90. The van der Waals surface area contributed by atoms with Crippen molar-refractivity contribution in [3.8, 4) is 0 Å². The van der Waals surface area contributed by atoms with E-state index in [9.17, 15) is 4.79 Å². The third-order valence-corrected chi connectivity index (χ3v) is 1.50. The Balaban J connectivity index is -0.000000187. The quantitative estimate of drug-likeness (QED) is 0.330. The molecule has 0 rings (SSSR count). The number of aliphatic carboxylic acids is 1. The van der Waals surface area contributed by atoms with Gasteiger partial charge in [0.05, 0.1) is 0 Å². The molecule has 0 radical (unpaired) electrons. The summed E-state index contributed by atoms with van der Waals surface area (Å²) in [5, 5.41) is 40.2. The number of hydrogen-bond donors (Lipinski definition) is 5. The van der Waals surface area contributed by atoms with E-state index in [1.54, 1.807) is 0 Å². The van der Waals surface area contributed by atoms with Gasteiger partial charge in [-0.05, 0) is 32.6 Å². The topological polar surface area (TPSA) is 118 Å². The number of aliphatic hydroxyl groups excluding tert-OH is 4. The molecule has 110 valence electrons. The first kappa shape index (κ1) is 22.2. The molecule has 0 bridgehead atoms. The molecule has 0 saturated carbocycles. The maximum absolute atomic E-state index is 9.60. The maximum Gasteiger partial charge on any atom is 0.330 e. The fourth-order valence-electron chi connectivity index (χ4n) is 0.447. The first-order chi connectivity index (χ1) is 8.47. The third kappa shape index (κ3) is 36.3. The van der Waals surface area contributed by atoms with E-state index in [4.69, 9.17) is 25.5 Å². The second-order valence-corrected chi connectivity index (χ2v) is 3.39. The summed E-state index contributed by atoms with van der Waals surface area (Å²) in [7, 11) is 0. The molecule has 0 aliphatic carbocycles. The lowest BCUT2D eigenvalue weighted by Crippen LogP contribution is -1.92. The standard InChI is InChI=1S/C4H6O2.2C4H10O2/c1-3(2)4(5)6;2*5-3-1-2-4-6/h1H2,2H3,(H,5,6);2*5-6H,1-4H2. The van der Waals surface area contributed by atoms with Gasteiger partial charge in [0, 0.05) is 32.0 Å². The zero-order chi connectivity index (χ0) is 14.8. The molecule has 0 aliphatic rings. The van der Waals surface area contributed by atoms with Gasteiger partial charge in [-0.2, -0.15) is 0 Å². The third-order valence-electron chi connectivity index (χ3n) is 1.50. The van der Waals surface area contributed by atoms with Crippen molar-refractivity contribution in [2.75, 3.05) is 26.4 Å². The highest BCUT2D eigenvalue weighted by molar-refractivity contribution is 5.84. The van der Waals surface area contributed by atoms with E-state index < -0.39 is 5.97 Å². The van der Waals surface area contributed by atoms with E-state index in [2.05, 4.69) is 6.58 Å². The molecule has 6 heteroatoms. The second kappa shape index (κ2) is 21.3. The average Bonchev–Trinajstić information content (AvgIpc) is 2.35. The second-order valence-electron chi connectivity index (χ2n) is 3.39. The van der Waals surface area contributed by atoms with Crippen LogP contribution in [0.15, 0.2) is 12.2 Å². The van der Waals surface area contributed by atoms with E-state index in [-0.39, 0.29) is 32.0 Å². The number of carbonyl (C=O) groups is 1. The molecule has 0 aromatic heterocycles. The van der Waals surface area contributed by atoms with Crippen LogP contribution in [0, 0.1) is 0 Å². The lowest BCUT2D eigenvalue weighted by Gasteiger charge is -1.85. The summed E-state index contributed by atoms with van der Waals surface area (Å²) in [6, 6.07) is 0. The lowest BCUT2D eigenvalue weighted by molar-refractivity contribution is -0.132. The summed E-state index contributed by atoms with van der Waals surface area (Å²) in [5.41, 5.74) is 0.176. The van der Waals surface area contributed by atoms with Crippen molar-refractivity contribution in [2.24, 2.45) is 0 Å². The van der Waals surface area contributed by atoms with Crippen molar-refractivity contribution < 1.29 is 30.3 Å². The van der Waals surface area contributed by atoms with Crippen LogP contribution in [0.3, 0.4) is 0 Å². The molecular formula is C12H26O6. The fraction of sp³-hybridized carbons (Fsp3) is 0.750. The number of hydrogen-bond acceptors (Lipinski definition) is 5. The van der Waals surface area contributed by atoms with E-state index >= 15 is 0 Å². The molecule has 0 aliphatic heterocycles. The van der Waals surface area contributed by atoms with Crippen LogP contribution in [0.4, 0.5) is 0 Å². The molecule has 5 N–H and O–H groups in total. The Hall–Kier alpha value is -0.950. The van der Waals surface area contributed by atoms with E-state index in [0.717, 1.165) is 25.7 Å².